The number of rotatable bonds is 1. The Morgan fingerprint density at radius 3 is 2.67 bits per heavy atom. The van der Waals surface area contributed by atoms with Crippen molar-refractivity contribution in [2.24, 2.45) is 5.73 Å². The minimum atomic E-state index is -0.736. The molecule has 0 spiro atoms. The van der Waals surface area contributed by atoms with Crippen molar-refractivity contribution < 1.29 is 4.21 Å². The van der Waals surface area contributed by atoms with Crippen LogP contribution < -0.4 is 5.73 Å². The third-order valence-corrected chi connectivity index (χ3v) is 3.19. The van der Waals surface area contributed by atoms with Crippen LogP contribution in [0.2, 0.25) is 0 Å². The van der Waals surface area contributed by atoms with Crippen LogP contribution in [0.1, 0.15) is 19.8 Å². The molecule has 9 heavy (non-hydrogen) atoms. The number of allylic oxidation sites excluding steroid dienone is 2. The topological polar surface area (TPSA) is 43.1 Å². The second kappa shape index (κ2) is 2.52. The van der Waals surface area contributed by atoms with E-state index >= 15 is 0 Å². The van der Waals surface area contributed by atoms with Crippen LogP contribution in [0.3, 0.4) is 0 Å². The van der Waals surface area contributed by atoms with Crippen LogP contribution in [0.25, 0.3) is 0 Å². The minimum absolute atomic E-state index is 0.736. The van der Waals surface area contributed by atoms with E-state index in [2.05, 4.69) is 0 Å². The van der Waals surface area contributed by atoms with E-state index in [4.69, 9.17) is 5.73 Å². The second-order valence-corrected chi connectivity index (χ2v) is 3.69. The first-order valence-corrected chi connectivity index (χ1v) is 4.43. The maximum Gasteiger partial charge on any atom is 0.0509 e. The second-order valence-electron chi connectivity index (χ2n) is 2.10. The van der Waals surface area contributed by atoms with Crippen LogP contribution in [0.4, 0.5) is 0 Å². The Morgan fingerprint density at radius 2 is 2.44 bits per heavy atom. The van der Waals surface area contributed by atoms with Gasteiger partial charge in [-0.1, -0.05) is 6.92 Å². The zero-order chi connectivity index (χ0) is 6.85. The van der Waals surface area contributed by atoms with Gasteiger partial charge in [-0.05, 0) is 12.8 Å². The molecule has 0 aromatic heterocycles. The number of nitrogens with two attached hydrogens (primary N) is 1. The first-order chi connectivity index (χ1) is 4.25. The van der Waals surface area contributed by atoms with E-state index < -0.39 is 10.8 Å². The average molecular weight is 145 g/mol. The summed E-state index contributed by atoms with van der Waals surface area (Å²) in [6, 6.07) is 0. The van der Waals surface area contributed by atoms with Crippen LogP contribution in [0.5, 0.6) is 0 Å². The van der Waals surface area contributed by atoms with E-state index in [0.717, 1.165) is 29.2 Å². The highest BCUT2D eigenvalue weighted by molar-refractivity contribution is 7.89. The summed E-state index contributed by atoms with van der Waals surface area (Å²) in [5.41, 5.74) is 6.42. The van der Waals surface area contributed by atoms with Crippen molar-refractivity contribution in [2.75, 3.05) is 5.75 Å². The van der Waals surface area contributed by atoms with Crippen LogP contribution in [-0.2, 0) is 10.8 Å². The molecule has 0 saturated heterocycles. The largest absolute Gasteiger partial charge is 0.401 e. The smallest absolute Gasteiger partial charge is 0.0509 e. The Kier molecular flexibility index (Phi) is 1.90. The van der Waals surface area contributed by atoms with Gasteiger partial charge in [0.2, 0.25) is 0 Å². The molecule has 0 amide bonds. The lowest BCUT2D eigenvalue weighted by atomic mass is 10.3. The van der Waals surface area contributed by atoms with E-state index in [1.807, 2.05) is 6.92 Å². The Hall–Kier alpha value is -0.310. The number of hydrogen-bond donors (Lipinski definition) is 1. The molecule has 0 bridgehead atoms. The van der Waals surface area contributed by atoms with Gasteiger partial charge in [-0.15, -0.1) is 0 Å². The molecule has 1 rings (SSSR count). The van der Waals surface area contributed by atoms with E-state index in [1.165, 1.54) is 0 Å². The minimum Gasteiger partial charge on any atom is -0.401 e. The lowest BCUT2D eigenvalue weighted by Gasteiger charge is -1.94. The van der Waals surface area contributed by atoms with Crippen molar-refractivity contribution in [1.29, 1.82) is 0 Å². The van der Waals surface area contributed by atoms with Crippen molar-refractivity contribution >= 4 is 10.8 Å². The van der Waals surface area contributed by atoms with Crippen LogP contribution in [0.15, 0.2) is 10.6 Å². The molecule has 1 atom stereocenters. The fourth-order valence-corrected chi connectivity index (χ4v) is 2.37. The van der Waals surface area contributed by atoms with Gasteiger partial charge in [0.1, 0.15) is 0 Å². The fraction of sp³-hybridized carbons (Fsp3) is 0.667. The van der Waals surface area contributed by atoms with Gasteiger partial charge in [0.25, 0.3) is 0 Å². The lowest BCUT2D eigenvalue weighted by molar-refractivity contribution is 0.687. The van der Waals surface area contributed by atoms with Crippen LogP contribution in [-0.4, -0.2) is 9.96 Å². The van der Waals surface area contributed by atoms with E-state index in [1.54, 1.807) is 0 Å². The van der Waals surface area contributed by atoms with E-state index in [0.29, 0.717) is 0 Å². The molecule has 0 aromatic rings. The molecule has 2 N–H and O–H groups in total. The quantitative estimate of drug-likeness (QED) is 0.590. The average Bonchev–Trinajstić information content (AvgIpc) is 2.12. The van der Waals surface area contributed by atoms with Crippen molar-refractivity contribution in [3.63, 3.8) is 0 Å². The van der Waals surface area contributed by atoms with Gasteiger partial charge in [-0.25, -0.2) is 0 Å². The van der Waals surface area contributed by atoms with Crippen molar-refractivity contribution in [3.05, 3.63) is 10.6 Å². The first-order valence-electron chi connectivity index (χ1n) is 3.11. The maximum atomic E-state index is 11.0. The molecule has 52 valence electrons. The van der Waals surface area contributed by atoms with E-state index in [9.17, 15) is 4.21 Å². The molecule has 0 radical (unpaired) electrons. The van der Waals surface area contributed by atoms with E-state index in [-0.39, 0.29) is 0 Å². The summed E-state index contributed by atoms with van der Waals surface area (Å²) in [6.07, 6.45) is 1.67. The molecule has 1 aliphatic rings. The standard InChI is InChI=1S/C6H11NOS/c1-2-6-5(7)3-4-9(6)8/h2-4,7H2,1H3. The summed E-state index contributed by atoms with van der Waals surface area (Å²) < 4.78 is 11.0. The Bertz CT molecular complexity index is 174. The highest BCUT2D eigenvalue weighted by atomic mass is 32.2. The maximum absolute atomic E-state index is 11.0. The summed E-state index contributed by atoms with van der Waals surface area (Å²) in [5.74, 6) is 0.745. The Balaban J connectivity index is 2.82. The van der Waals surface area contributed by atoms with Gasteiger partial charge < -0.3 is 5.73 Å². The molecular formula is C6H11NOS. The molecule has 3 heteroatoms. The Labute approximate surface area is 57.6 Å². The van der Waals surface area contributed by atoms with Gasteiger partial charge >= 0.3 is 0 Å². The summed E-state index contributed by atoms with van der Waals surface area (Å²) >= 11 is 0. The van der Waals surface area contributed by atoms with Crippen LogP contribution in [0, 0.1) is 0 Å². The monoisotopic (exact) mass is 145 g/mol. The molecular weight excluding hydrogens is 134 g/mol. The summed E-state index contributed by atoms with van der Waals surface area (Å²) in [4.78, 5) is 0.968. The fourth-order valence-electron chi connectivity index (χ4n) is 1.000. The third-order valence-electron chi connectivity index (χ3n) is 1.51. The molecule has 0 saturated carbocycles. The zero-order valence-corrected chi connectivity index (χ0v) is 6.33. The Morgan fingerprint density at radius 1 is 1.78 bits per heavy atom. The predicted octanol–water partition coefficient (Wildman–Crippen LogP) is 0.719. The molecule has 1 heterocycles. The SMILES string of the molecule is CCC1=C(N)CCS1=O. The van der Waals surface area contributed by atoms with Crippen molar-refractivity contribution in [2.45, 2.75) is 19.8 Å². The third kappa shape index (κ3) is 1.15. The van der Waals surface area contributed by atoms with Crippen LogP contribution >= 0.6 is 0 Å². The normalized spacial score (nSPS) is 27.4. The van der Waals surface area contributed by atoms with Gasteiger partial charge in [0, 0.05) is 16.4 Å². The lowest BCUT2D eigenvalue weighted by Crippen LogP contribution is -1.95. The number of hydrogen-bond acceptors (Lipinski definition) is 2. The highest BCUT2D eigenvalue weighted by Gasteiger charge is 2.16. The predicted molar refractivity (Wildman–Crippen MR) is 39.1 cm³/mol. The molecule has 1 unspecified atom stereocenters. The van der Waals surface area contributed by atoms with Crippen molar-refractivity contribution in [3.8, 4) is 0 Å². The molecule has 1 aliphatic heterocycles. The summed E-state index contributed by atoms with van der Waals surface area (Å²) in [5, 5.41) is 0. The van der Waals surface area contributed by atoms with Gasteiger partial charge in [0.05, 0.1) is 10.8 Å². The summed E-state index contributed by atoms with van der Waals surface area (Å²) in [6.45, 7) is 1.99. The van der Waals surface area contributed by atoms with Gasteiger partial charge in [0.15, 0.2) is 0 Å². The summed E-state index contributed by atoms with van der Waals surface area (Å²) in [7, 11) is -0.736. The first kappa shape index (κ1) is 6.81. The van der Waals surface area contributed by atoms with Gasteiger partial charge in [-0.2, -0.15) is 0 Å². The molecule has 0 fully saturated rings. The molecule has 0 aromatic carbocycles. The molecule has 2 nitrogen and oxygen atoms in total. The zero-order valence-electron chi connectivity index (χ0n) is 5.52. The highest BCUT2D eigenvalue weighted by Crippen LogP contribution is 2.20. The van der Waals surface area contributed by atoms with Gasteiger partial charge in [-0.3, -0.25) is 4.21 Å². The van der Waals surface area contributed by atoms with Crippen molar-refractivity contribution in [1.82, 2.24) is 0 Å². The molecule has 0 aliphatic carbocycles.